The van der Waals surface area contributed by atoms with Gasteiger partial charge in [-0.05, 0) is 30.7 Å². The van der Waals surface area contributed by atoms with E-state index >= 15 is 0 Å². The maximum atomic E-state index is 11.2. The third-order valence-corrected chi connectivity index (χ3v) is 3.37. The van der Waals surface area contributed by atoms with Crippen LogP contribution in [0.1, 0.15) is 22.8 Å². The van der Waals surface area contributed by atoms with Gasteiger partial charge in [0.1, 0.15) is 0 Å². The van der Waals surface area contributed by atoms with Crippen molar-refractivity contribution in [1.82, 2.24) is 4.57 Å². The Bertz CT molecular complexity index is 562. The van der Waals surface area contributed by atoms with Gasteiger partial charge in [-0.15, -0.1) is 0 Å². The van der Waals surface area contributed by atoms with Crippen molar-refractivity contribution in [2.24, 2.45) is 0 Å². The van der Waals surface area contributed by atoms with Crippen LogP contribution in [0.5, 0.6) is 0 Å². The zero-order valence-corrected chi connectivity index (χ0v) is 11.6. The lowest BCUT2D eigenvalue weighted by Crippen LogP contribution is -1.97. The van der Waals surface area contributed by atoms with E-state index < -0.39 is 0 Å². The molecule has 0 bridgehead atoms. The first-order valence-electron chi connectivity index (χ1n) is 5.17. The number of nitrogens with zero attached hydrogens (tertiary/aromatic N) is 1. The summed E-state index contributed by atoms with van der Waals surface area (Å²) in [7, 11) is 0. The molecule has 0 aliphatic rings. The lowest BCUT2D eigenvalue weighted by molar-refractivity contribution is 0.101. The topological polar surface area (TPSA) is 22.0 Å². The Kier molecular flexibility index (Phi) is 3.69. The van der Waals surface area contributed by atoms with E-state index in [1.807, 2.05) is 41.2 Å². The molecule has 17 heavy (non-hydrogen) atoms. The molecule has 0 unspecified atom stereocenters. The molecule has 0 fully saturated rings. The van der Waals surface area contributed by atoms with Gasteiger partial charge in [0.2, 0.25) is 0 Å². The quantitative estimate of drug-likeness (QED) is 0.780. The normalized spacial score (nSPS) is 10.5. The Hall–Kier alpha value is -1.06. The summed E-state index contributed by atoms with van der Waals surface area (Å²) in [6.45, 7) is 2.23. The second-order valence-corrected chi connectivity index (χ2v) is 5.19. The third kappa shape index (κ3) is 2.99. The van der Waals surface area contributed by atoms with Gasteiger partial charge in [-0.3, -0.25) is 4.79 Å². The maximum absolute atomic E-state index is 11.2. The predicted octanol–water partition coefficient (Wildman–Crippen LogP) is 4.15. The highest BCUT2D eigenvalue weighted by molar-refractivity contribution is 9.10. The number of ketones is 1. The lowest BCUT2D eigenvalue weighted by atomic mass is 10.2. The highest BCUT2D eigenvalue weighted by Crippen LogP contribution is 2.22. The largest absolute Gasteiger partial charge is 0.349 e. The second-order valence-electron chi connectivity index (χ2n) is 3.86. The average molecular weight is 313 g/mol. The van der Waals surface area contributed by atoms with Crippen LogP contribution in [-0.2, 0) is 6.54 Å². The molecule has 1 aromatic carbocycles. The van der Waals surface area contributed by atoms with Crippen molar-refractivity contribution in [3.05, 3.63) is 57.3 Å². The smallest absolute Gasteiger partial charge is 0.161 e. The number of hydrogen-bond donors (Lipinski definition) is 0. The first kappa shape index (κ1) is 12.4. The molecule has 2 aromatic rings. The van der Waals surface area contributed by atoms with E-state index in [1.165, 1.54) is 0 Å². The van der Waals surface area contributed by atoms with E-state index in [-0.39, 0.29) is 5.78 Å². The fourth-order valence-corrected chi connectivity index (χ4v) is 2.33. The minimum absolute atomic E-state index is 0.0747. The van der Waals surface area contributed by atoms with Gasteiger partial charge < -0.3 is 4.57 Å². The molecule has 0 amide bonds. The number of carbonyl (C=O) groups is 1. The molecule has 0 aliphatic heterocycles. The van der Waals surface area contributed by atoms with Gasteiger partial charge in [0, 0.05) is 34.0 Å². The van der Waals surface area contributed by atoms with Crippen LogP contribution in [0.2, 0.25) is 5.02 Å². The van der Waals surface area contributed by atoms with Crippen molar-refractivity contribution in [2.75, 3.05) is 0 Å². The number of benzene rings is 1. The summed E-state index contributed by atoms with van der Waals surface area (Å²) in [6, 6.07) is 7.61. The van der Waals surface area contributed by atoms with Crippen LogP contribution in [0.4, 0.5) is 0 Å². The first-order valence-corrected chi connectivity index (χ1v) is 6.34. The van der Waals surface area contributed by atoms with Gasteiger partial charge in [-0.1, -0.05) is 33.6 Å². The van der Waals surface area contributed by atoms with Crippen LogP contribution in [0.3, 0.4) is 0 Å². The number of rotatable bonds is 3. The summed E-state index contributed by atoms with van der Waals surface area (Å²) in [5.74, 6) is 0.0747. The SMILES string of the molecule is CC(=O)c1ccn(Cc2ccc(Br)cc2Cl)c1. The Morgan fingerprint density at radius 1 is 1.41 bits per heavy atom. The molecule has 0 N–H and O–H groups in total. The number of halogens is 2. The van der Waals surface area contributed by atoms with Crippen molar-refractivity contribution in [2.45, 2.75) is 13.5 Å². The van der Waals surface area contributed by atoms with Crippen LogP contribution < -0.4 is 0 Å². The van der Waals surface area contributed by atoms with E-state index in [2.05, 4.69) is 15.9 Å². The predicted molar refractivity (Wildman–Crippen MR) is 72.7 cm³/mol. The summed E-state index contributed by atoms with van der Waals surface area (Å²) in [5.41, 5.74) is 1.75. The van der Waals surface area contributed by atoms with Crippen molar-refractivity contribution in [3.63, 3.8) is 0 Å². The number of carbonyl (C=O) groups excluding carboxylic acids is 1. The van der Waals surface area contributed by atoms with E-state index in [4.69, 9.17) is 11.6 Å². The third-order valence-electron chi connectivity index (χ3n) is 2.53. The molecule has 2 rings (SSSR count). The van der Waals surface area contributed by atoms with Crippen LogP contribution in [-0.4, -0.2) is 10.4 Å². The molecule has 88 valence electrons. The molecular weight excluding hydrogens is 302 g/mol. The summed E-state index contributed by atoms with van der Waals surface area (Å²) >= 11 is 9.51. The summed E-state index contributed by atoms with van der Waals surface area (Å²) in [4.78, 5) is 11.2. The van der Waals surface area contributed by atoms with Crippen LogP contribution >= 0.6 is 27.5 Å². The Labute approximate surface area is 113 Å². The molecule has 4 heteroatoms. The van der Waals surface area contributed by atoms with Crippen molar-refractivity contribution in [3.8, 4) is 0 Å². The van der Waals surface area contributed by atoms with Crippen molar-refractivity contribution < 1.29 is 4.79 Å². The maximum Gasteiger partial charge on any atom is 0.161 e. The van der Waals surface area contributed by atoms with Crippen LogP contribution in [0.15, 0.2) is 41.1 Å². The number of Topliss-reactive ketones (excluding diaryl/α,β-unsaturated/α-hetero) is 1. The lowest BCUT2D eigenvalue weighted by Gasteiger charge is -2.06. The van der Waals surface area contributed by atoms with Gasteiger partial charge in [0.25, 0.3) is 0 Å². The highest BCUT2D eigenvalue weighted by Gasteiger charge is 2.04. The molecule has 0 radical (unpaired) electrons. The second kappa shape index (κ2) is 5.07. The van der Waals surface area contributed by atoms with Gasteiger partial charge in [-0.2, -0.15) is 0 Å². The zero-order chi connectivity index (χ0) is 12.4. The molecule has 0 atom stereocenters. The number of aromatic nitrogens is 1. The molecule has 1 aromatic heterocycles. The van der Waals surface area contributed by atoms with Gasteiger partial charge in [0.05, 0.1) is 0 Å². The van der Waals surface area contributed by atoms with Gasteiger partial charge in [0.15, 0.2) is 5.78 Å². The molecule has 0 saturated carbocycles. The zero-order valence-electron chi connectivity index (χ0n) is 9.28. The van der Waals surface area contributed by atoms with Gasteiger partial charge in [-0.25, -0.2) is 0 Å². The monoisotopic (exact) mass is 311 g/mol. The molecule has 1 heterocycles. The average Bonchev–Trinajstić information content (AvgIpc) is 2.71. The van der Waals surface area contributed by atoms with Gasteiger partial charge >= 0.3 is 0 Å². The number of hydrogen-bond acceptors (Lipinski definition) is 1. The molecule has 0 saturated heterocycles. The van der Waals surface area contributed by atoms with E-state index in [9.17, 15) is 4.79 Å². The Balaban J connectivity index is 2.22. The fraction of sp³-hybridized carbons (Fsp3) is 0.154. The molecular formula is C13H11BrClNO. The highest BCUT2D eigenvalue weighted by atomic mass is 79.9. The molecule has 0 aliphatic carbocycles. The minimum atomic E-state index is 0.0747. The Morgan fingerprint density at radius 3 is 2.76 bits per heavy atom. The fourth-order valence-electron chi connectivity index (χ4n) is 1.59. The van der Waals surface area contributed by atoms with E-state index in [0.717, 1.165) is 20.6 Å². The van der Waals surface area contributed by atoms with Crippen molar-refractivity contribution >= 4 is 33.3 Å². The minimum Gasteiger partial charge on any atom is -0.349 e. The summed E-state index contributed by atoms with van der Waals surface area (Å²) in [5, 5.41) is 0.720. The van der Waals surface area contributed by atoms with Crippen LogP contribution in [0.25, 0.3) is 0 Å². The van der Waals surface area contributed by atoms with E-state index in [1.54, 1.807) is 6.92 Å². The Morgan fingerprint density at radius 2 is 2.18 bits per heavy atom. The first-order chi connectivity index (χ1) is 8.06. The molecule has 0 spiro atoms. The van der Waals surface area contributed by atoms with Crippen molar-refractivity contribution in [1.29, 1.82) is 0 Å². The van der Waals surface area contributed by atoms with E-state index in [0.29, 0.717) is 6.54 Å². The standard InChI is InChI=1S/C13H11BrClNO/c1-9(17)10-4-5-16(7-10)8-11-2-3-12(14)6-13(11)15/h2-7H,8H2,1H3. The van der Waals surface area contributed by atoms with Crippen LogP contribution in [0, 0.1) is 0 Å². The summed E-state index contributed by atoms with van der Waals surface area (Å²) < 4.78 is 2.91. The summed E-state index contributed by atoms with van der Waals surface area (Å²) in [6.07, 6.45) is 3.72. The molecule has 2 nitrogen and oxygen atoms in total.